The van der Waals surface area contributed by atoms with E-state index < -0.39 is 13.0 Å². The van der Waals surface area contributed by atoms with Crippen LogP contribution in [0.3, 0.4) is 0 Å². The first-order valence-electron chi connectivity index (χ1n) is 9.27. The summed E-state index contributed by atoms with van der Waals surface area (Å²) in [6.07, 6.45) is 0.920. The van der Waals surface area contributed by atoms with Gasteiger partial charge < -0.3 is 19.7 Å². The smallest absolute Gasteiger partial charge is 0.160 e. The molecule has 0 saturated heterocycles. The number of phenols is 2. The van der Waals surface area contributed by atoms with Crippen LogP contribution in [0.4, 0.5) is 0 Å². The molecule has 0 aliphatic carbocycles. The molecule has 0 spiro atoms. The van der Waals surface area contributed by atoms with Crippen molar-refractivity contribution in [1.29, 1.82) is 0 Å². The third-order valence-corrected chi connectivity index (χ3v) is 4.47. The molecule has 1 heterocycles. The number of methoxy groups -OCH3 is 2. The molecule has 0 aromatic heterocycles. The van der Waals surface area contributed by atoms with Crippen molar-refractivity contribution < 1.29 is 23.8 Å². The normalized spacial score (nSPS) is 19.8. The van der Waals surface area contributed by atoms with Crippen LogP contribution in [0.1, 0.15) is 26.8 Å². The van der Waals surface area contributed by atoms with E-state index in [1.165, 1.54) is 19.1 Å². The molecule has 5 nitrogen and oxygen atoms in total. The first kappa shape index (κ1) is 13.0. The van der Waals surface area contributed by atoms with Crippen molar-refractivity contribution in [2.24, 2.45) is 0 Å². The van der Waals surface area contributed by atoms with E-state index in [4.69, 9.17) is 13.6 Å². The van der Waals surface area contributed by atoms with Gasteiger partial charge in [0.15, 0.2) is 23.0 Å². The lowest BCUT2D eigenvalue weighted by Crippen LogP contribution is -2.33. The van der Waals surface area contributed by atoms with Gasteiger partial charge in [-0.15, -0.1) is 0 Å². The van der Waals surface area contributed by atoms with Crippen molar-refractivity contribution in [2.45, 2.75) is 18.9 Å². The minimum atomic E-state index is -2.27. The van der Waals surface area contributed by atoms with E-state index in [9.17, 15) is 10.2 Å². The highest BCUT2D eigenvalue weighted by Crippen LogP contribution is 2.39. The topological polar surface area (TPSA) is 62.2 Å². The van der Waals surface area contributed by atoms with Crippen molar-refractivity contribution in [1.82, 2.24) is 4.90 Å². The molecule has 5 heteroatoms. The van der Waals surface area contributed by atoms with Gasteiger partial charge in [0.1, 0.15) is 0 Å². The predicted octanol–water partition coefficient (Wildman–Crippen LogP) is 2.89. The maximum Gasteiger partial charge on any atom is 0.160 e. The summed E-state index contributed by atoms with van der Waals surface area (Å²) in [5.41, 5.74) is 2.48. The van der Waals surface area contributed by atoms with E-state index >= 15 is 0 Å². The van der Waals surface area contributed by atoms with Crippen molar-refractivity contribution in [3.8, 4) is 23.0 Å². The van der Waals surface area contributed by atoms with Crippen LogP contribution in [-0.4, -0.2) is 42.9 Å². The van der Waals surface area contributed by atoms with E-state index in [2.05, 4.69) is 0 Å². The van der Waals surface area contributed by atoms with Gasteiger partial charge in [0.05, 0.1) is 14.2 Å². The quantitative estimate of drug-likeness (QED) is 0.901. The summed E-state index contributed by atoms with van der Waals surface area (Å²) in [6.45, 7) is -1.91. The van der Waals surface area contributed by atoms with Gasteiger partial charge in [0, 0.05) is 16.7 Å². The Kier molecular flexibility index (Phi) is 3.57. The van der Waals surface area contributed by atoms with Gasteiger partial charge >= 0.3 is 0 Å². The number of aromatic hydroxyl groups is 2. The van der Waals surface area contributed by atoms with E-state index in [1.807, 2.05) is 0 Å². The monoisotopic (exact) mass is 332 g/mol. The molecule has 128 valence electrons. The molecule has 1 aliphatic rings. The molecular weight excluding hydrogens is 306 g/mol. The Balaban J connectivity index is 2.03. The van der Waals surface area contributed by atoms with Crippen LogP contribution in [0.5, 0.6) is 23.0 Å². The second kappa shape index (κ2) is 6.61. The fraction of sp³-hybridized carbons (Fsp3) is 0.368. The highest BCUT2D eigenvalue weighted by Gasteiger charge is 2.27. The molecule has 0 unspecified atom stereocenters. The number of phenolic OH excluding ortho intramolecular Hbond substituents is 2. The Morgan fingerprint density at radius 3 is 2.54 bits per heavy atom. The Morgan fingerprint density at radius 1 is 1.12 bits per heavy atom. The zero-order valence-corrected chi connectivity index (χ0v) is 13.7. The third-order valence-electron chi connectivity index (χ3n) is 4.47. The number of hydrogen-bond acceptors (Lipinski definition) is 5. The number of benzene rings is 2. The maximum atomic E-state index is 10.2. The third kappa shape index (κ3) is 2.99. The molecule has 0 bridgehead atoms. The first-order chi connectivity index (χ1) is 12.7. The molecular formula is C19H23NO4. The molecule has 2 N–H and O–H groups in total. The molecule has 0 fully saturated rings. The zero-order valence-electron chi connectivity index (χ0n) is 16.7. The van der Waals surface area contributed by atoms with Gasteiger partial charge in [0.2, 0.25) is 0 Å². The fourth-order valence-electron chi connectivity index (χ4n) is 3.19. The van der Waals surface area contributed by atoms with Gasteiger partial charge in [-0.1, -0.05) is 6.07 Å². The number of hydrogen-bond donors (Lipinski definition) is 2. The summed E-state index contributed by atoms with van der Waals surface area (Å²) in [7, 11) is 2.95. The number of likely N-dealkylation sites (N-methyl/N-ethyl adjacent to an activating group) is 1. The molecule has 0 saturated carbocycles. The van der Waals surface area contributed by atoms with Gasteiger partial charge in [-0.25, -0.2) is 0 Å². The number of nitrogens with zero attached hydrogens (tertiary/aromatic N) is 1. The fourth-order valence-corrected chi connectivity index (χ4v) is 3.19. The van der Waals surface area contributed by atoms with E-state index in [0.717, 1.165) is 16.7 Å². The summed E-state index contributed by atoms with van der Waals surface area (Å²) >= 11 is 0. The van der Waals surface area contributed by atoms with Crippen LogP contribution in [0, 0.1) is 0 Å². The minimum Gasteiger partial charge on any atom is -0.504 e. The molecule has 2 aromatic carbocycles. The minimum absolute atomic E-state index is 0.00375. The van der Waals surface area contributed by atoms with Crippen LogP contribution in [-0.2, 0) is 12.8 Å². The van der Waals surface area contributed by atoms with Crippen LogP contribution in [0.2, 0.25) is 0 Å². The number of rotatable bonds is 4. The molecule has 3 rings (SSSR count). The second-order valence-electron chi connectivity index (χ2n) is 5.89. The Labute approximate surface area is 146 Å². The standard InChI is InChI=1S/C19H23NO4/c1-20-7-6-13-10-19(24-3)17(22)11-14(13)15(20)8-12-4-5-18(23-2)16(21)9-12/h4-5,9-11,15,21-22H,6-8H2,1-3H3/t15-/m1/s1/i1D3. The van der Waals surface area contributed by atoms with Crippen LogP contribution in [0.15, 0.2) is 30.3 Å². The van der Waals surface area contributed by atoms with Gasteiger partial charge in [0.25, 0.3) is 0 Å². The van der Waals surface area contributed by atoms with Crippen molar-refractivity contribution >= 4 is 0 Å². The highest BCUT2D eigenvalue weighted by molar-refractivity contribution is 5.49. The average Bonchev–Trinajstić information content (AvgIpc) is 2.61. The number of fused-ring (bicyclic) bond motifs is 1. The van der Waals surface area contributed by atoms with Crippen molar-refractivity contribution in [3.63, 3.8) is 0 Å². The molecule has 24 heavy (non-hydrogen) atoms. The van der Waals surface area contributed by atoms with Crippen molar-refractivity contribution in [2.75, 3.05) is 27.7 Å². The Morgan fingerprint density at radius 2 is 1.88 bits per heavy atom. The largest absolute Gasteiger partial charge is 0.504 e. The highest BCUT2D eigenvalue weighted by atomic mass is 16.5. The second-order valence-corrected chi connectivity index (χ2v) is 5.89. The zero-order chi connectivity index (χ0) is 19.8. The van der Waals surface area contributed by atoms with E-state index in [0.29, 0.717) is 30.9 Å². The Bertz CT molecular complexity index is 838. The summed E-state index contributed by atoms with van der Waals surface area (Å²) in [6, 6.07) is 7.91. The molecule has 0 amide bonds. The molecule has 2 aromatic rings. The van der Waals surface area contributed by atoms with Crippen LogP contribution < -0.4 is 9.47 Å². The van der Waals surface area contributed by atoms with E-state index in [1.54, 1.807) is 30.3 Å². The lowest BCUT2D eigenvalue weighted by atomic mass is 9.88. The maximum absolute atomic E-state index is 10.2. The summed E-state index contributed by atoms with van der Waals surface area (Å²) in [5.74, 6) is 0.713. The van der Waals surface area contributed by atoms with Gasteiger partial charge in [-0.2, -0.15) is 0 Å². The van der Waals surface area contributed by atoms with Crippen molar-refractivity contribution in [3.05, 3.63) is 47.0 Å². The lowest BCUT2D eigenvalue weighted by molar-refractivity contribution is 0.228. The number of ether oxygens (including phenoxy) is 2. The van der Waals surface area contributed by atoms with Crippen LogP contribution >= 0.6 is 0 Å². The average molecular weight is 332 g/mol. The lowest BCUT2D eigenvalue weighted by Gasteiger charge is -2.35. The molecule has 0 radical (unpaired) electrons. The Hall–Kier alpha value is -2.40. The summed E-state index contributed by atoms with van der Waals surface area (Å²) < 4.78 is 34.0. The molecule has 1 aliphatic heterocycles. The first-order valence-corrected chi connectivity index (χ1v) is 7.77. The van der Waals surface area contributed by atoms with E-state index in [-0.39, 0.29) is 11.5 Å². The van der Waals surface area contributed by atoms with Gasteiger partial charge in [-0.05, 0) is 60.8 Å². The molecule has 1 atom stereocenters. The summed E-state index contributed by atoms with van der Waals surface area (Å²) in [4.78, 5) is 1.46. The van der Waals surface area contributed by atoms with Gasteiger partial charge in [-0.3, -0.25) is 4.90 Å². The van der Waals surface area contributed by atoms with Crippen LogP contribution in [0.25, 0.3) is 0 Å². The summed E-state index contributed by atoms with van der Waals surface area (Å²) in [5, 5.41) is 20.3. The SMILES string of the molecule is [2H]C([2H])([2H])N1CCc2cc(OC)c(O)cc2[C@H]1Cc1ccc(OC)c(O)c1. The predicted molar refractivity (Wildman–Crippen MR) is 92.1 cm³/mol.